The zero-order valence-electron chi connectivity index (χ0n) is 15.5. The van der Waals surface area contributed by atoms with Crippen LogP contribution >= 0.6 is 0 Å². The molecule has 0 atom stereocenters. The molecular formula is C18H28N6O2. The lowest BCUT2D eigenvalue weighted by atomic mass is 10.2. The number of nitrogens with zero attached hydrogens (tertiary/aromatic N) is 6. The van der Waals surface area contributed by atoms with E-state index >= 15 is 0 Å². The fourth-order valence-electron chi connectivity index (χ4n) is 3.53. The molecule has 142 valence electrons. The topological polar surface area (TPSA) is 72.9 Å². The summed E-state index contributed by atoms with van der Waals surface area (Å²) in [5.41, 5.74) is 0. The van der Waals surface area contributed by atoms with Gasteiger partial charge in [0, 0.05) is 78.1 Å². The third kappa shape index (κ3) is 4.91. The second kappa shape index (κ2) is 8.93. The molecule has 2 saturated heterocycles. The molecule has 26 heavy (non-hydrogen) atoms. The molecule has 0 N–H and O–H groups in total. The van der Waals surface area contributed by atoms with Crippen molar-refractivity contribution >= 4 is 17.8 Å². The number of hydrogen-bond acceptors (Lipinski definition) is 6. The highest BCUT2D eigenvalue weighted by Gasteiger charge is 2.23. The Balaban J connectivity index is 1.40. The van der Waals surface area contributed by atoms with E-state index in [4.69, 9.17) is 0 Å². The Bertz CT molecular complexity index is 603. The predicted molar refractivity (Wildman–Crippen MR) is 98.8 cm³/mol. The zero-order chi connectivity index (χ0) is 18.4. The molecule has 0 bridgehead atoms. The second-order valence-corrected chi connectivity index (χ2v) is 6.87. The van der Waals surface area contributed by atoms with Gasteiger partial charge in [-0.05, 0) is 19.0 Å². The molecular weight excluding hydrogens is 332 g/mol. The Hall–Kier alpha value is -2.22. The van der Waals surface area contributed by atoms with Gasteiger partial charge >= 0.3 is 0 Å². The van der Waals surface area contributed by atoms with Gasteiger partial charge in [-0.1, -0.05) is 0 Å². The molecule has 2 fully saturated rings. The van der Waals surface area contributed by atoms with Gasteiger partial charge in [-0.15, -0.1) is 0 Å². The molecule has 0 saturated carbocycles. The van der Waals surface area contributed by atoms with Gasteiger partial charge in [-0.25, -0.2) is 9.97 Å². The summed E-state index contributed by atoms with van der Waals surface area (Å²) in [6, 6.07) is 1.81. The van der Waals surface area contributed by atoms with Gasteiger partial charge in [0.25, 0.3) is 0 Å². The summed E-state index contributed by atoms with van der Waals surface area (Å²) in [6.07, 6.45) is 5.01. The number of anilines is 1. The maximum absolute atomic E-state index is 12.5. The van der Waals surface area contributed by atoms with Crippen LogP contribution in [0.1, 0.15) is 19.8 Å². The molecule has 3 heterocycles. The predicted octanol–water partition coefficient (Wildman–Crippen LogP) is 0.0695. The summed E-state index contributed by atoms with van der Waals surface area (Å²) in [5.74, 6) is 1.09. The average molecular weight is 360 g/mol. The fraction of sp³-hybridized carbons (Fsp3) is 0.667. The Labute approximate surface area is 154 Å². The first-order chi connectivity index (χ1) is 12.6. The Kier molecular flexibility index (Phi) is 6.38. The lowest BCUT2D eigenvalue weighted by molar-refractivity contribution is -0.132. The molecule has 1 aromatic rings. The van der Waals surface area contributed by atoms with Crippen LogP contribution in [0, 0.1) is 0 Å². The van der Waals surface area contributed by atoms with Crippen LogP contribution in [0.3, 0.4) is 0 Å². The third-order valence-corrected chi connectivity index (χ3v) is 5.14. The van der Waals surface area contributed by atoms with Crippen molar-refractivity contribution in [2.45, 2.75) is 19.8 Å². The van der Waals surface area contributed by atoms with Crippen LogP contribution in [0.15, 0.2) is 18.5 Å². The SMILES string of the molecule is CC(=O)N1CCCN(CCC(=O)N2CCN(c3ncccn3)CC2)CC1. The number of carbonyl (C=O) groups excluding carboxylic acids is 2. The number of rotatable bonds is 4. The van der Waals surface area contributed by atoms with Crippen LogP contribution < -0.4 is 4.90 Å². The van der Waals surface area contributed by atoms with Crippen molar-refractivity contribution in [3.8, 4) is 0 Å². The Morgan fingerprint density at radius 2 is 1.62 bits per heavy atom. The Morgan fingerprint density at radius 1 is 0.923 bits per heavy atom. The molecule has 8 nitrogen and oxygen atoms in total. The van der Waals surface area contributed by atoms with Crippen LogP contribution in [-0.2, 0) is 9.59 Å². The molecule has 2 aliphatic rings. The van der Waals surface area contributed by atoms with Crippen LogP contribution in [0.2, 0.25) is 0 Å². The zero-order valence-corrected chi connectivity index (χ0v) is 15.5. The summed E-state index contributed by atoms with van der Waals surface area (Å²) in [4.78, 5) is 40.8. The molecule has 0 radical (unpaired) electrons. The summed E-state index contributed by atoms with van der Waals surface area (Å²) in [5, 5.41) is 0. The van der Waals surface area contributed by atoms with Crippen molar-refractivity contribution in [2.24, 2.45) is 0 Å². The number of hydrogen-bond donors (Lipinski definition) is 0. The summed E-state index contributed by atoms with van der Waals surface area (Å²) in [6.45, 7) is 8.77. The van der Waals surface area contributed by atoms with E-state index in [2.05, 4.69) is 19.8 Å². The maximum Gasteiger partial charge on any atom is 0.225 e. The third-order valence-electron chi connectivity index (χ3n) is 5.14. The molecule has 1 aromatic heterocycles. The van der Waals surface area contributed by atoms with E-state index in [1.54, 1.807) is 19.3 Å². The number of carbonyl (C=O) groups is 2. The first-order valence-corrected chi connectivity index (χ1v) is 9.41. The largest absolute Gasteiger partial charge is 0.342 e. The van der Waals surface area contributed by atoms with E-state index in [-0.39, 0.29) is 11.8 Å². The Morgan fingerprint density at radius 3 is 2.31 bits per heavy atom. The highest BCUT2D eigenvalue weighted by Crippen LogP contribution is 2.11. The van der Waals surface area contributed by atoms with Gasteiger partial charge in [-0.2, -0.15) is 0 Å². The van der Waals surface area contributed by atoms with Gasteiger partial charge in [0.15, 0.2) is 0 Å². The quantitative estimate of drug-likeness (QED) is 0.757. The van der Waals surface area contributed by atoms with Crippen molar-refractivity contribution in [1.82, 2.24) is 24.7 Å². The molecule has 0 spiro atoms. The van der Waals surface area contributed by atoms with Gasteiger partial charge in [0.05, 0.1) is 0 Å². The average Bonchev–Trinajstić information content (AvgIpc) is 2.93. The van der Waals surface area contributed by atoms with Gasteiger partial charge in [-0.3, -0.25) is 9.59 Å². The second-order valence-electron chi connectivity index (χ2n) is 6.87. The summed E-state index contributed by atoms with van der Waals surface area (Å²) >= 11 is 0. The van der Waals surface area contributed by atoms with Crippen LogP contribution in [0.4, 0.5) is 5.95 Å². The monoisotopic (exact) mass is 360 g/mol. The maximum atomic E-state index is 12.5. The molecule has 0 aliphatic carbocycles. The van der Waals surface area contributed by atoms with Gasteiger partial charge < -0.3 is 19.6 Å². The van der Waals surface area contributed by atoms with Crippen LogP contribution in [0.5, 0.6) is 0 Å². The lowest BCUT2D eigenvalue weighted by Gasteiger charge is -2.35. The van der Waals surface area contributed by atoms with Crippen LogP contribution in [0.25, 0.3) is 0 Å². The number of piperazine rings is 1. The lowest BCUT2D eigenvalue weighted by Crippen LogP contribution is -2.49. The molecule has 2 aliphatic heterocycles. The highest BCUT2D eigenvalue weighted by atomic mass is 16.2. The number of amides is 2. The first kappa shape index (κ1) is 18.6. The summed E-state index contributed by atoms with van der Waals surface area (Å²) in [7, 11) is 0. The van der Waals surface area contributed by atoms with Crippen molar-refractivity contribution in [1.29, 1.82) is 0 Å². The highest BCUT2D eigenvalue weighted by molar-refractivity contribution is 5.76. The van der Waals surface area contributed by atoms with Crippen molar-refractivity contribution in [3.05, 3.63) is 18.5 Å². The minimum absolute atomic E-state index is 0.142. The van der Waals surface area contributed by atoms with E-state index in [9.17, 15) is 9.59 Å². The van der Waals surface area contributed by atoms with Gasteiger partial charge in [0.2, 0.25) is 17.8 Å². The minimum Gasteiger partial charge on any atom is -0.342 e. The molecule has 0 aromatic carbocycles. The van der Waals surface area contributed by atoms with E-state index < -0.39 is 0 Å². The van der Waals surface area contributed by atoms with E-state index in [1.165, 1.54) is 0 Å². The number of aromatic nitrogens is 2. The summed E-state index contributed by atoms with van der Waals surface area (Å²) < 4.78 is 0. The van der Waals surface area contributed by atoms with Gasteiger partial charge in [0.1, 0.15) is 0 Å². The fourth-order valence-corrected chi connectivity index (χ4v) is 3.53. The normalized spacial score (nSPS) is 19.3. The standard InChI is InChI=1S/C18H28N6O2/c1-16(25)22-8-3-7-21(10-11-22)9-4-17(26)23-12-14-24(15-13-23)18-19-5-2-6-20-18/h2,5-6H,3-4,7-15H2,1H3. The minimum atomic E-state index is 0.142. The molecule has 8 heteroatoms. The molecule has 2 amide bonds. The molecule has 3 rings (SSSR count). The van der Waals surface area contributed by atoms with Crippen molar-refractivity contribution in [3.63, 3.8) is 0 Å². The molecule has 0 unspecified atom stereocenters. The van der Waals surface area contributed by atoms with E-state index in [1.807, 2.05) is 15.9 Å². The smallest absolute Gasteiger partial charge is 0.225 e. The van der Waals surface area contributed by atoms with E-state index in [0.717, 1.165) is 71.3 Å². The van der Waals surface area contributed by atoms with E-state index in [0.29, 0.717) is 6.42 Å². The van der Waals surface area contributed by atoms with Crippen molar-refractivity contribution < 1.29 is 9.59 Å². The first-order valence-electron chi connectivity index (χ1n) is 9.41. The van der Waals surface area contributed by atoms with Crippen LogP contribution in [-0.4, -0.2) is 95.4 Å². The van der Waals surface area contributed by atoms with Crippen molar-refractivity contribution in [2.75, 3.05) is 63.8 Å².